The van der Waals surface area contributed by atoms with E-state index >= 15 is 0 Å². The third kappa shape index (κ3) is 3.71. The first kappa shape index (κ1) is 19.8. The van der Waals surface area contributed by atoms with Crippen molar-refractivity contribution in [3.05, 3.63) is 95.6 Å². The standard InChI is InChI=1S/C23H20N2O4S/c1-2-29-19-14-12-17(13-15-19)21(26)16-25-24-23(18-8-4-3-5-9-18)20-10-6-7-11-22(20)30(25,27)28/h3-15H,2,16H2,1H3. The van der Waals surface area contributed by atoms with Crippen molar-refractivity contribution in [2.45, 2.75) is 11.8 Å². The van der Waals surface area contributed by atoms with Gasteiger partial charge in [-0.05, 0) is 37.3 Å². The number of sulfonamides is 1. The molecule has 0 N–H and O–H groups in total. The number of carbonyl (C=O) groups excluding carboxylic acids is 1. The lowest BCUT2D eigenvalue weighted by molar-refractivity contribution is 0.0967. The van der Waals surface area contributed by atoms with E-state index in [1.54, 1.807) is 42.5 Å². The lowest BCUT2D eigenvalue weighted by atomic mass is 10.0. The molecule has 1 aliphatic rings. The number of ketones is 1. The summed E-state index contributed by atoms with van der Waals surface area (Å²) in [6.45, 7) is 2.01. The van der Waals surface area contributed by atoms with Crippen molar-refractivity contribution in [2.75, 3.05) is 13.2 Å². The molecule has 0 saturated heterocycles. The third-order valence-electron chi connectivity index (χ3n) is 4.72. The number of hydrogen-bond donors (Lipinski definition) is 0. The topological polar surface area (TPSA) is 76.0 Å². The summed E-state index contributed by atoms with van der Waals surface area (Å²) in [5.41, 5.74) is 2.20. The highest BCUT2D eigenvalue weighted by atomic mass is 32.2. The fourth-order valence-electron chi connectivity index (χ4n) is 3.27. The average Bonchev–Trinajstić information content (AvgIpc) is 2.77. The number of nitrogens with zero attached hydrogens (tertiary/aromatic N) is 2. The van der Waals surface area contributed by atoms with Crippen molar-refractivity contribution in [1.29, 1.82) is 0 Å². The van der Waals surface area contributed by atoms with E-state index in [2.05, 4.69) is 5.10 Å². The van der Waals surface area contributed by atoms with Gasteiger partial charge < -0.3 is 4.74 Å². The first-order valence-corrected chi connectivity index (χ1v) is 11.0. The predicted molar refractivity (Wildman–Crippen MR) is 114 cm³/mol. The second kappa shape index (κ2) is 8.12. The molecule has 7 heteroatoms. The van der Waals surface area contributed by atoms with Gasteiger partial charge in [-0.2, -0.15) is 17.9 Å². The molecule has 0 saturated carbocycles. The minimum absolute atomic E-state index is 0.137. The lowest BCUT2D eigenvalue weighted by Crippen LogP contribution is -2.36. The first-order chi connectivity index (χ1) is 14.5. The smallest absolute Gasteiger partial charge is 0.280 e. The minimum Gasteiger partial charge on any atom is -0.494 e. The second-order valence-corrected chi connectivity index (χ2v) is 8.49. The predicted octanol–water partition coefficient (Wildman–Crippen LogP) is 3.72. The summed E-state index contributed by atoms with van der Waals surface area (Å²) in [5, 5.41) is 4.38. The average molecular weight is 420 g/mol. The van der Waals surface area contributed by atoms with Crippen LogP contribution in [0, 0.1) is 0 Å². The number of carbonyl (C=O) groups is 1. The van der Waals surface area contributed by atoms with Crippen LogP contribution in [0.1, 0.15) is 28.4 Å². The van der Waals surface area contributed by atoms with Crippen LogP contribution in [0.15, 0.2) is 88.9 Å². The number of rotatable bonds is 6. The fourth-order valence-corrected chi connectivity index (χ4v) is 4.66. The first-order valence-electron chi connectivity index (χ1n) is 9.53. The maximum absolute atomic E-state index is 13.1. The van der Waals surface area contributed by atoms with Gasteiger partial charge in [0.25, 0.3) is 10.0 Å². The van der Waals surface area contributed by atoms with E-state index < -0.39 is 10.0 Å². The Morgan fingerprint density at radius 2 is 1.60 bits per heavy atom. The highest BCUT2D eigenvalue weighted by Crippen LogP contribution is 2.29. The van der Waals surface area contributed by atoms with E-state index in [1.165, 1.54) is 6.07 Å². The van der Waals surface area contributed by atoms with Crippen molar-refractivity contribution in [3.63, 3.8) is 0 Å². The fraction of sp³-hybridized carbons (Fsp3) is 0.130. The van der Waals surface area contributed by atoms with Crippen molar-refractivity contribution >= 4 is 21.5 Å². The summed E-state index contributed by atoms with van der Waals surface area (Å²) in [5.74, 6) is 0.301. The molecule has 1 heterocycles. The summed E-state index contributed by atoms with van der Waals surface area (Å²) in [6.07, 6.45) is 0. The van der Waals surface area contributed by atoms with E-state index in [-0.39, 0.29) is 17.2 Å². The van der Waals surface area contributed by atoms with E-state index in [1.807, 2.05) is 37.3 Å². The number of hydrogen-bond acceptors (Lipinski definition) is 5. The van der Waals surface area contributed by atoms with Crippen LogP contribution in [0.5, 0.6) is 5.75 Å². The van der Waals surface area contributed by atoms with Gasteiger partial charge in [0.2, 0.25) is 0 Å². The molecule has 0 atom stereocenters. The van der Waals surface area contributed by atoms with Gasteiger partial charge in [0.1, 0.15) is 18.0 Å². The van der Waals surface area contributed by atoms with Crippen molar-refractivity contribution in [3.8, 4) is 5.75 Å². The number of ether oxygens (including phenoxy) is 1. The van der Waals surface area contributed by atoms with Crippen LogP contribution >= 0.6 is 0 Å². The molecule has 1 aliphatic heterocycles. The highest BCUT2D eigenvalue weighted by molar-refractivity contribution is 7.89. The molecular weight excluding hydrogens is 400 g/mol. The SMILES string of the molecule is CCOc1ccc(C(=O)CN2N=C(c3ccccc3)c3ccccc3S2(=O)=O)cc1. The van der Waals surface area contributed by atoms with Crippen molar-refractivity contribution < 1.29 is 17.9 Å². The Labute approximate surface area is 175 Å². The molecule has 0 spiro atoms. The normalized spacial score (nSPS) is 14.6. The zero-order valence-electron chi connectivity index (χ0n) is 16.4. The van der Waals surface area contributed by atoms with E-state index in [0.717, 1.165) is 9.98 Å². The van der Waals surface area contributed by atoms with Crippen LogP contribution in [0.3, 0.4) is 0 Å². The number of fused-ring (bicyclic) bond motifs is 1. The summed E-state index contributed by atoms with van der Waals surface area (Å²) in [7, 11) is -3.94. The molecule has 152 valence electrons. The van der Waals surface area contributed by atoms with Gasteiger partial charge in [0.05, 0.1) is 11.5 Å². The van der Waals surface area contributed by atoms with Crippen LogP contribution in [-0.4, -0.2) is 37.5 Å². The zero-order chi connectivity index (χ0) is 21.1. The van der Waals surface area contributed by atoms with Gasteiger partial charge in [-0.1, -0.05) is 48.5 Å². The third-order valence-corrected chi connectivity index (χ3v) is 6.40. The Bertz CT molecular complexity index is 1200. The molecule has 3 aromatic carbocycles. The van der Waals surface area contributed by atoms with Crippen LogP contribution in [-0.2, 0) is 10.0 Å². The lowest BCUT2D eigenvalue weighted by Gasteiger charge is -2.26. The Kier molecular flexibility index (Phi) is 5.37. The van der Waals surface area contributed by atoms with E-state index in [0.29, 0.717) is 29.2 Å². The number of benzene rings is 3. The van der Waals surface area contributed by atoms with Gasteiger partial charge in [-0.15, -0.1) is 0 Å². The van der Waals surface area contributed by atoms with E-state index in [4.69, 9.17) is 4.74 Å². The second-order valence-electron chi connectivity index (χ2n) is 6.68. The molecule has 0 aromatic heterocycles. The van der Waals surface area contributed by atoms with Crippen LogP contribution in [0.2, 0.25) is 0 Å². The Morgan fingerprint density at radius 3 is 2.30 bits per heavy atom. The van der Waals surface area contributed by atoms with Crippen LogP contribution < -0.4 is 4.74 Å². The minimum atomic E-state index is -3.94. The van der Waals surface area contributed by atoms with Gasteiger partial charge >= 0.3 is 0 Å². The largest absolute Gasteiger partial charge is 0.494 e. The monoisotopic (exact) mass is 420 g/mol. The van der Waals surface area contributed by atoms with Crippen LogP contribution in [0.25, 0.3) is 0 Å². The maximum Gasteiger partial charge on any atom is 0.280 e. The molecule has 0 bridgehead atoms. The maximum atomic E-state index is 13.1. The van der Waals surface area contributed by atoms with Gasteiger partial charge in [-0.3, -0.25) is 4.79 Å². The Morgan fingerprint density at radius 1 is 0.933 bits per heavy atom. The quantitative estimate of drug-likeness (QED) is 0.570. The Hall–Kier alpha value is -3.45. The highest BCUT2D eigenvalue weighted by Gasteiger charge is 2.34. The molecule has 3 aromatic rings. The van der Waals surface area contributed by atoms with Crippen molar-refractivity contribution in [2.24, 2.45) is 5.10 Å². The zero-order valence-corrected chi connectivity index (χ0v) is 17.2. The molecular formula is C23H20N2O4S. The molecule has 0 aliphatic carbocycles. The molecule has 6 nitrogen and oxygen atoms in total. The molecule has 30 heavy (non-hydrogen) atoms. The van der Waals surface area contributed by atoms with Gasteiger partial charge in [0, 0.05) is 16.7 Å². The summed E-state index contributed by atoms with van der Waals surface area (Å²) >= 11 is 0. The number of Topliss-reactive ketones (excluding diaryl/α,β-unsaturated/α-hetero) is 1. The molecule has 0 amide bonds. The van der Waals surface area contributed by atoms with E-state index in [9.17, 15) is 13.2 Å². The van der Waals surface area contributed by atoms with Crippen LogP contribution in [0.4, 0.5) is 0 Å². The summed E-state index contributed by atoms with van der Waals surface area (Å²) < 4.78 is 32.5. The molecule has 4 rings (SSSR count). The van der Waals surface area contributed by atoms with Crippen molar-refractivity contribution in [1.82, 2.24) is 4.41 Å². The summed E-state index contributed by atoms with van der Waals surface area (Å²) in [4.78, 5) is 12.9. The Balaban J connectivity index is 1.71. The summed E-state index contributed by atoms with van der Waals surface area (Å²) in [6, 6.07) is 22.6. The molecule has 0 fully saturated rings. The molecule has 0 unspecified atom stereocenters. The van der Waals surface area contributed by atoms with Gasteiger partial charge in [-0.25, -0.2) is 0 Å². The molecule has 0 radical (unpaired) electrons. The number of hydrazone groups is 1. The van der Waals surface area contributed by atoms with Gasteiger partial charge in [0.15, 0.2) is 5.78 Å².